The molecule has 0 amide bonds. The van der Waals surface area contributed by atoms with Gasteiger partial charge in [-0.25, -0.2) is 4.99 Å². The minimum absolute atomic E-state index is 0.229. The second-order valence-corrected chi connectivity index (χ2v) is 8.35. The molecule has 0 saturated carbocycles. The molecule has 0 saturated heterocycles. The number of hydrazone groups is 1. The monoisotopic (exact) mass is 460 g/mol. The summed E-state index contributed by atoms with van der Waals surface area (Å²) in [5, 5.41) is 14.3. The van der Waals surface area contributed by atoms with Gasteiger partial charge in [-0.05, 0) is 32.0 Å². The van der Waals surface area contributed by atoms with Crippen molar-refractivity contribution in [3.63, 3.8) is 0 Å². The molecular weight excluding hydrogens is 440 g/mol. The maximum Gasteiger partial charge on any atom is 0.144 e. The molecule has 146 valence electrons. The fourth-order valence-corrected chi connectivity index (χ4v) is 3.39. The summed E-state index contributed by atoms with van der Waals surface area (Å²) in [7, 11) is 0. The maximum absolute atomic E-state index is 9.99. The quantitative estimate of drug-likeness (QED) is 0.386. The van der Waals surface area contributed by atoms with Gasteiger partial charge in [0.1, 0.15) is 5.84 Å². The topological polar surface area (TPSA) is 69.3 Å². The predicted molar refractivity (Wildman–Crippen MR) is 120 cm³/mol. The van der Waals surface area contributed by atoms with Crippen LogP contribution in [0.2, 0.25) is 0 Å². The van der Waals surface area contributed by atoms with E-state index in [0.29, 0.717) is 24.5 Å². The molecule has 28 heavy (non-hydrogen) atoms. The molecular formula is C21H22BrClN4O. The maximum atomic E-state index is 9.99. The predicted octanol–water partition coefficient (Wildman–Crippen LogP) is 4.68. The van der Waals surface area contributed by atoms with Crippen molar-refractivity contribution in [2.75, 3.05) is 12.4 Å². The van der Waals surface area contributed by atoms with Crippen LogP contribution in [0.4, 0.5) is 5.69 Å². The van der Waals surface area contributed by atoms with Gasteiger partial charge >= 0.3 is 0 Å². The Labute approximate surface area is 178 Å². The average Bonchev–Trinajstić information content (AvgIpc) is 2.84. The number of amidine groups is 1. The van der Waals surface area contributed by atoms with Gasteiger partial charge in [0.15, 0.2) is 0 Å². The molecule has 0 spiro atoms. The number of benzene rings is 2. The Kier molecular flexibility index (Phi) is 6.65. The van der Waals surface area contributed by atoms with E-state index in [1.807, 2.05) is 48.5 Å². The first kappa shape index (κ1) is 20.7. The van der Waals surface area contributed by atoms with Crippen molar-refractivity contribution < 1.29 is 5.11 Å². The Hall–Kier alpha value is -2.02. The number of hydrogen-bond acceptors (Lipinski definition) is 5. The molecule has 2 aromatic carbocycles. The van der Waals surface area contributed by atoms with Crippen molar-refractivity contribution in [2.24, 2.45) is 15.1 Å². The van der Waals surface area contributed by atoms with Crippen LogP contribution in [-0.4, -0.2) is 40.4 Å². The number of fused-ring (bicyclic) bond motifs is 1. The zero-order valence-corrected chi connectivity index (χ0v) is 18.1. The van der Waals surface area contributed by atoms with Crippen molar-refractivity contribution in [3.05, 3.63) is 64.1 Å². The van der Waals surface area contributed by atoms with Crippen molar-refractivity contribution in [2.45, 2.75) is 25.9 Å². The van der Waals surface area contributed by atoms with E-state index in [9.17, 15) is 5.11 Å². The first-order valence-corrected chi connectivity index (χ1v) is 10.3. The van der Waals surface area contributed by atoms with E-state index in [-0.39, 0.29) is 5.88 Å². The highest BCUT2D eigenvalue weighted by molar-refractivity contribution is 9.10. The molecule has 0 aliphatic carbocycles. The summed E-state index contributed by atoms with van der Waals surface area (Å²) >= 11 is 9.51. The highest BCUT2D eigenvalue weighted by atomic mass is 79.9. The largest absolute Gasteiger partial charge is 0.390 e. The van der Waals surface area contributed by atoms with E-state index < -0.39 is 5.60 Å². The van der Waals surface area contributed by atoms with Crippen LogP contribution in [0.5, 0.6) is 0 Å². The van der Waals surface area contributed by atoms with Crippen LogP contribution in [0.15, 0.2) is 68.1 Å². The van der Waals surface area contributed by atoms with E-state index in [1.165, 1.54) is 0 Å². The summed E-state index contributed by atoms with van der Waals surface area (Å²) in [5.74, 6) is 0.847. The highest BCUT2D eigenvalue weighted by Gasteiger charge is 2.18. The van der Waals surface area contributed by atoms with Gasteiger partial charge in [0, 0.05) is 22.0 Å². The first-order chi connectivity index (χ1) is 13.4. The Morgan fingerprint density at radius 1 is 1.25 bits per heavy atom. The number of nitrogens with one attached hydrogen (secondary N) is 1. The first-order valence-electron chi connectivity index (χ1n) is 8.93. The summed E-state index contributed by atoms with van der Waals surface area (Å²) < 4.78 is 0.967. The van der Waals surface area contributed by atoms with E-state index >= 15 is 0 Å². The molecule has 0 unspecified atom stereocenters. The Balaban J connectivity index is 1.94. The molecule has 0 bridgehead atoms. The molecule has 2 N–H and O–H groups in total. The van der Waals surface area contributed by atoms with Crippen LogP contribution in [0.3, 0.4) is 0 Å². The van der Waals surface area contributed by atoms with Gasteiger partial charge in [-0.2, -0.15) is 5.10 Å². The van der Waals surface area contributed by atoms with E-state index in [4.69, 9.17) is 21.6 Å². The minimum Gasteiger partial charge on any atom is -0.390 e. The number of nitrogens with zero attached hydrogens (tertiary/aromatic N) is 3. The second-order valence-electron chi connectivity index (χ2n) is 7.16. The fraction of sp³-hybridized carbons (Fsp3) is 0.286. The Morgan fingerprint density at radius 2 is 2.00 bits per heavy atom. The van der Waals surface area contributed by atoms with Crippen LogP contribution >= 0.6 is 27.5 Å². The molecule has 0 radical (unpaired) electrons. The molecule has 1 aliphatic rings. The Bertz CT molecular complexity index is 933. The number of halogens is 2. The summed E-state index contributed by atoms with van der Waals surface area (Å²) in [6, 6.07) is 16.0. The van der Waals surface area contributed by atoms with Crippen LogP contribution in [0.1, 0.15) is 31.4 Å². The van der Waals surface area contributed by atoms with Gasteiger partial charge in [-0.3, -0.25) is 10.4 Å². The lowest BCUT2D eigenvalue weighted by atomic mass is 10.0. The SMILES string of the molecule is CC(C)(O)C/C(CCl)=N\NC1=Nc2ccc(Br)cc2C(c2ccccc2)=NC1. The molecule has 0 aromatic heterocycles. The number of hydrogen-bond donors (Lipinski definition) is 2. The third kappa shape index (κ3) is 5.50. The summed E-state index contributed by atoms with van der Waals surface area (Å²) in [5.41, 5.74) is 6.45. The standard InChI is InChI=1S/C21H22BrClN4O/c1-21(2,28)11-16(12-23)26-27-19-13-24-20(14-6-4-3-5-7-14)17-10-15(22)8-9-18(17)25-19/h3-10,28H,11-13H2,1-2H3,(H,25,27)/b26-16+. The van der Waals surface area contributed by atoms with Crippen LogP contribution in [0.25, 0.3) is 0 Å². The lowest BCUT2D eigenvalue weighted by Gasteiger charge is -2.17. The van der Waals surface area contributed by atoms with Crippen molar-refractivity contribution in [1.29, 1.82) is 0 Å². The third-order valence-corrected chi connectivity index (χ3v) is 4.84. The summed E-state index contributed by atoms with van der Waals surface area (Å²) in [4.78, 5) is 9.50. The molecule has 2 aromatic rings. The van der Waals surface area contributed by atoms with E-state index in [1.54, 1.807) is 13.8 Å². The van der Waals surface area contributed by atoms with Gasteiger partial charge in [-0.15, -0.1) is 11.6 Å². The molecule has 0 fully saturated rings. The average molecular weight is 462 g/mol. The van der Waals surface area contributed by atoms with Crippen LogP contribution < -0.4 is 5.43 Å². The lowest BCUT2D eigenvalue weighted by Crippen LogP contribution is -2.28. The number of alkyl halides is 1. The normalized spacial score (nSPS) is 14.7. The molecule has 1 aliphatic heterocycles. The highest BCUT2D eigenvalue weighted by Crippen LogP contribution is 2.28. The Morgan fingerprint density at radius 3 is 2.68 bits per heavy atom. The van der Waals surface area contributed by atoms with Gasteiger partial charge in [-0.1, -0.05) is 46.3 Å². The third-order valence-electron chi connectivity index (χ3n) is 4.04. The molecule has 0 atom stereocenters. The van der Waals surface area contributed by atoms with Gasteiger partial charge in [0.25, 0.3) is 0 Å². The van der Waals surface area contributed by atoms with Crippen molar-refractivity contribution in [1.82, 2.24) is 5.43 Å². The zero-order chi connectivity index (χ0) is 20.1. The van der Waals surface area contributed by atoms with E-state index in [2.05, 4.69) is 26.5 Å². The smallest absolute Gasteiger partial charge is 0.144 e. The summed E-state index contributed by atoms with van der Waals surface area (Å²) in [6.07, 6.45) is 0.374. The number of aliphatic imine (C=N–C) groups is 2. The molecule has 5 nitrogen and oxygen atoms in total. The molecule has 1 heterocycles. The zero-order valence-electron chi connectivity index (χ0n) is 15.8. The second kappa shape index (κ2) is 8.99. The van der Waals surface area contributed by atoms with Crippen molar-refractivity contribution >= 4 is 50.5 Å². The summed E-state index contributed by atoms with van der Waals surface area (Å²) in [6.45, 7) is 3.81. The van der Waals surface area contributed by atoms with Gasteiger partial charge in [0.2, 0.25) is 0 Å². The van der Waals surface area contributed by atoms with E-state index in [0.717, 1.165) is 27.0 Å². The number of rotatable bonds is 5. The minimum atomic E-state index is -0.877. The fourth-order valence-electron chi connectivity index (χ4n) is 2.88. The molecule has 3 rings (SSSR count). The van der Waals surface area contributed by atoms with Gasteiger partial charge < -0.3 is 5.11 Å². The molecule has 7 heteroatoms. The number of aliphatic hydroxyl groups is 1. The van der Waals surface area contributed by atoms with Gasteiger partial charge in [0.05, 0.1) is 35.1 Å². The van der Waals surface area contributed by atoms with Crippen LogP contribution in [-0.2, 0) is 0 Å². The lowest BCUT2D eigenvalue weighted by molar-refractivity contribution is 0.0884. The van der Waals surface area contributed by atoms with Crippen LogP contribution in [0, 0.1) is 0 Å². The van der Waals surface area contributed by atoms with Crippen molar-refractivity contribution in [3.8, 4) is 0 Å².